The van der Waals surface area contributed by atoms with E-state index < -0.39 is 0 Å². The fraction of sp³-hybridized carbons (Fsp3) is 0.562. The predicted octanol–water partition coefficient (Wildman–Crippen LogP) is 3.27. The highest BCUT2D eigenvalue weighted by Crippen LogP contribution is 2.15. The number of carbonyl (C=O) groups excluding carboxylic acids is 1. The van der Waals surface area contributed by atoms with Gasteiger partial charge >= 0.3 is 0 Å². The van der Waals surface area contributed by atoms with E-state index in [9.17, 15) is 4.79 Å². The summed E-state index contributed by atoms with van der Waals surface area (Å²) in [6, 6.07) is 7.16. The van der Waals surface area contributed by atoms with Crippen LogP contribution in [0.2, 0.25) is 5.02 Å². The molecule has 20 heavy (non-hydrogen) atoms. The first-order valence-corrected chi connectivity index (χ1v) is 7.58. The number of Topliss-reactive ketones (excluding diaryl/α,β-unsaturated/α-hetero) is 1. The highest BCUT2D eigenvalue weighted by molar-refractivity contribution is 6.31. The van der Waals surface area contributed by atoms with Crippen LogP contribution >= 0.6 is 11.6 Å². The number of rotatable bonds is 6. The first kappa shape index (κ1) is 15.5. The summed E-state index contributed by atoms with van der Waals surface area (Å²) in [7, 11) is 2.07. The number of benzene rings is 1. The molecule has 1 aliphatic rings. The summed E-state index contributed by atoms with van der Waals surface area (Å²) in [5, 5.41) is 0.614. The molecule has 1 aromatic carbocycles. The van der Waals surface area contributed by atoms with Crippen LogP contribution in [0.5, 0.6) is 0 Å². The van der Waals surface area contributed by atoms with E-state index in [1.807, 2.05) is 12.1 Å². The van der Waals surface area contributed by atoms with Crippen LogP contribution in [-0.4, -0.2) is 44.0 Å². The lowest BCUT2D eigenvalue weighted by molar-refractivity contribution is 0.0418. The molecule has 0 aliphatic carbocycles. The van der Waals surface area contributed by atoms with Crippen molar-refractivity contribution in [2.45, 2.75) is 19.3 Å². The Kier molecular flexibility index (Phi) is 6.02. The summed E-state index contributed by atoms with van der Waals surface area (Å²) >= 11 is 5.90. The van der Waals surface area contributed by atoms with Gasteiger partial charge in [0, 0.05) is 36.7 Å². The van der Waals surface area contributed by atoms with E-state index >= 15 is 0 Å². The fourth-order valence-corrected chi connectivity index (χ4v) is 2.77. The van der Waals surface area contributed by atoms with Gasteiger partial charge in [-0.05, 0) is 37.9 Å². The summed E-state index contributed by atoms with van der Waals surface area (Å²) in [6.07, 6.45) is 2.91. The zero-order valence-corrected chi connectivity index (χ0v) is 12.7. The standard InChI is InChI=1S/C16H22ClNO2/c1-18(11-13-4-3-9-20-12-13)8-7-16(19)14-5-2-6-15(17)10-14/h2,5-6,10,13H,3-4,7-9,11-12H2,1H3. The molecular formula is C16H22ClNO2. The second-order valence-electron chi connectivity index (χ2n) is 5.53. The Morgan fingerprint density at radius 1 is 1.50 bits per heavy atom. The first-order valence-electron chi connectivity index (χ1n) is 7.20. The van der Waals surface area contributed by atoms with Gasteiger partial charge in [-0.3, -0.25) is 4.79 Å². The van der Waals surface area contributed by atoms with Crippen LogP contribution in [0, 0.1) is 5.92 Å². The molecule has 4 heteroatoms. The minimum absolute atomic E-state index is 0.152. The molecule has 110 valence electrons. The molecule has 0 aromatic heterocycles. The molecular weight excluding hydrogens is 274 g/mol. The Hall–Kier alpha value is -0.900. The van der Waals surface area contributed by atoms with Crippen LogP contribution in [-0.2, 0) is 4.74 Å². The number of halogens is 1. The monoisotopic (exact) mass is 295 g/mol. The number of ether oxygens (including phenoxy) is 1. The summed E-state index contributed by atoms with van der Waals surface area (Å²) in [5.74, 6) is 0.759. The van der Waals surface area contributed by atoms with Crippen molar-refractivity contribution in [2.24, 2.45) is 5.92 Å². The lowest BCUT2D eigenvalue weighted by atomic mass is 10.0. The van der Waals surface area contributed by atoms with E-state index in [1.165, 1.54) is 6.42 Å². The number of hydrogen-bond donors (Lipinski definition) is 0. The van der Waals surface area contributed by atoms with Crippen LogP contribution in [0.25, 0.3) is 0 Å². The van der Waals surface area contributed by atoms with Crippen molar-refractivity contribution >= 4 is 17.4 Å². The Morgan fingerprint density at radius 2 is 2.35 bits per heavy atom. The molecule has 1 aliphatic heterocycles. The van der Waals surface area contributed by atoms with Crippen LogP contribution in [0.3, 0.4) is 0 Å². The Morgan fingerprint density at radius 3 is 3.05 bits per heavy atom. The van der Waals surface area contributed by atoms with Gasteiger partial charge in [0.05, 0.1) is 6.61 Å². The van der Waals surface area contributed by atoms with Gasteiger partial charge in [-0.15, -0.1) is 0 Å². The van der Waals surface area contributed by atoms with E-state index in [2.05, 4.69) is 11.9 Å². The maximum absolute atomic E-state index is 12.1. The second-order valence-corrected chi connectivity index (χ2v) is 5.97. The second kappa shape index (κ2) is 7.77. The van der Waals surface area contributed by atoms with Gasteiger partial charge in [0.25, 0.3) is 0 Å². The normalized spacial score (nSPS) is 19.2. The average molecular weight is 296 g/mol. The highest BCUT2D eigenvalue weighted by atomic mass is 35.5. The highest BCUT2D eigenvalue weighted by Gasteiger charge is 2.16. The van der Waals surface area contributed by atoms with Gasteiger partial charge in [-0.2, -0.15) is 0 Å². The first-order chi connectivity index (χ1) is 9.65. The lowest BCUT2D eigenvalue weighted by Gasteiger charge is -2.26. The number of carbonyl (C=O) groups is 1. The molecule has 0 bridgehead atoms. The molecule has 1 aromatic rings. The molecule has 1 fully saturated rings. The van der Waals surface area contributed by atoms with Gasteiger partial charge in [0.1, 0.15) is 0 Å². The van der Waals surface area contributed by atoms with Crippen LogP contribution in [0.4, 0.5) is 0 Å². The van der Waals surface area contributed by atoms with Crippen molar-refractivity contribution in [3.05, 3.63) is 34.9 Å². The quantitative estimate of drug-likeness (QED) is 0.754. The minimum Gasteiger partial charge on any atom is -0.381 e. The van der Waals surface area contributed by atoms with Crippen LogP contribution < -0.4 is 0 Å². The molecule has 1 heterocycles. The zero-order chi connectivity index (χ0) is 14.4. The van der Waals surface area contributed by atoms with E-state index in [-0.39, 0.29) is 5.78 Å². The molecule has 1 atom stereocenters. The fourth-order valence-electron chi connectivity index (χ4n) is 2.58. The van der Waals surface area contributed by atoms with E-state index in [0.29, 0.717) is 22.9 Å². The Labute approximate surface area is 125 Å². The van der Waals surface area contributed by atoms with Gasteiger partial charge < -0.3 is 9.64 Å². The van der Waals surface area contributed by atoms with Crippen molar-refractivity contribution in [3.63, 3.8) is 0 Å². The van der Waals surface area contributed by atoms with Crippen molar-refractivity contribution in [1.29, 1.82) is 0 Å². The summed E-state index contributed by atoms with van der Waals surface area (Å²) < 4.78 is 5.48. The maximum atomic E-state index is 12.1. The largest absolute Gasteiger partial charge is 0.381 e. The third kappa shape index (κ3) is 4.89. The maximum Gasteiger partial charge on any atom is 0.164 e. The SMILES string of the molecule is CN(CCC(=O)c1cccc(Cl)c1)CC1CCCOC1. The summed E-state index contributed by atoms with van der Waals surface area (Å²) in [4.78, 5) is 14.3. The van der Waals surface area contributed by atoms with Crippen molar-refractivity contribution < 1.29 is 9.53 Å². The number of nitrogens with zero attached hydrogens (tertiary/aromatic N) is 1. The molecule has 1 saturated heterocycles. The molecule has 2 rings (SSSR count). The van der Waals surface area contributed by atoms with Crippen molar-refractivity contribution in [1.82, 2.24) is 4.90 Å². The van der Waals surface area contributed by atoms with Gasteiger partial charge in [0.15, 0.2) is 5.78 Å². The molecule has 1 unspecified atom stereocenters. The molecule has 0 N–H and O–H groups in total. The van der Waals surface area contributed by atoms with Gasteiger partial charge in [-0.25, -0.2) is 0 Å². The molecule has 0 radical (unpaired) electrons. The Balaban J connectivity index is 1.75. The molecule has 0 spiro atoms. The molecule has 3 nitrogen and oxygen atoms in total. The number of hydrogen-bond acceptors (Lipinski definition) is 3. The smallest absolute Gasteiger partial charge is 0.164 e. The molecule has 0 amide bonds. The summed E-state index contributed by atoms with van der Waals surface area (Å²) in [5.41, 5.74) is 0.701. The third-order valence-corrected chi connectivity index (χ3v) is 3.93. The Bertz CT molecular complexity index is 444. The van der Waals surface area contributed by atoms with Crippen LogP contribution in [0.15, 0.2) is 24.3 Å². The molecule has 0 saturated carbocycles. The number of ketones is 1. The minimum atomic E-state index is 0.152. The third-order valence-electron chi connectivity index (χ3n) is 3.69. The van der Waals surface area contributed by atoms with E-state index in [4.69, 9.17) is 16.3 Å². The predicted molar refractivity (Wildman–Crippen MR) is 81.4 cm³/mol. The van der Waals surface area contributed by atoms with E-state index in [1.54, 1.807) is 12.1 Å². The van der Waals surface area contributed by atoms with Gasteiger partial charge in [0.2, 0.25) is 0 Å². The van der Waals surface area contributed by atoms with Gasteiger partial charge in [-0.1, -0.05) is 23.7 Å². The van der Waals surface area contributed by atoms with Crippen LogP contribution in [0.1, 0.15) is 29.6 Å². The van der Waals surface area contributed by atoms with Crippen molar-refractivity contribution in [2.75, 3.05) is 33.4 Å². The van der Waals surface area contributed by atoms with Crippen molar-refractivity contribution in [3.8, 4) is 0 Å². The lowest BCUT2D eigenvalue weighted by Crippen LogP contribution is -2.32. The topological polar surface area (TPSA) is 29.5 Å². The van der Waals surface area contributed by atoms with E-state index in [0.717, 1.165) is 32.7 Å². The zero-order valence-electron chi connectivity index (χ0n) is 12.0. The summed E-state index contributed by atoms with van der Waals surface area (Å²) in [6.45, 7) is 3.53. The average Bonchev–Trinajstić information content (AvgIpc) is 2.46.